The lowest BCUT2D eigenvalue weighted by Crippen LogP contribution is -2.25. The number of hydrogen-bond acceptors (Lipinski definition) is 2. The van der Waals surface area contributed by atoms with Gasteiger partial charge in [0, 0.05) is 13.1 Å². The quantitative estimate of drug-likeness (QED) is 0.906. The molecule has 2 aromatic rings. The van der Waals surface area contributed by atoms with E-state index in [0.717, 1.165) is 26.1 Å². The Bertz CT molecular complexity index is 536. The molecule has 0 saturated heterocycles. The average Bonchev–Trinajstić information content (AvgIpc) is 2.84. The van der Waals surface area contributed by atoms with Gasteiger partial charge in [-0.25, -0.2) is 0 Å². The van der Waals surface area contributed by atoms with E-state index in [4.69, 9.17) is 5.73 Å². The largest absolute Gasteiger partial charge is 0.330 e. The van der Waals surface area contributed by atoms with Gasteiger partial charge in [-0.2, -0.15) is 0 Å². The summed E-state index contributed by atoms with van der Waals surface area (Å²) in [4.78, 5) is 2.53. The average molecular weight is 252 g/mol. The van der Waals surface area contributed by atoms with Gasteiger partial charge in [0.25, 0.3) is 0 Å². The number of nitrogens with two attached hydrogens (primary N) is 1. The molecule has 1 aliphatic heterocycles. The second-order valence-corrected chi connectivity index (χ2v) is 5.12. The topological polar surface area (TPSA) is 29.3 Å². The van der Waals surface area contributed by atoms with Crippen molar-refractivity contribution in [2.75, 3.05) is 13.1 Å². The Labute approximate surface area is 114 Å². The number of rotatable bonds is 4. The van der Waals surface area contributed by atoms with Crippen molar-refractivity contribution in [1.82, 2.24) is 4.90 Å². The molecule has 0 amide bonds. The fourth-order valence-electron chi connectivity index (χ4n) is 2.98. The molecule has 98 valence electrons. The van der Waals surface area contributed by atoms with Crippen LogP contribution in [0.5, 0.6) is 0 Å². The number of nitrogens with zero attached hydrogens (tertiary/aromatic N) is 1. The summed E-state index contributed by atoms with van der Waals surface area (Å²) in [6, 6.07) is 19.9. The van der Waals surface area contributed by atoms with Gasteiger partial charge >= 0.3 is 0 Å². The first kappa shape index (κ1) is 12.4. The van der Waals surface area contributed by atoms with Crippen LogP contribution in [-0.4, -0.2) is 18.0 Å². The summed E-state index contributed by atoms with van der Waals surface area (Å²) < 4.78 is 0. The lowest BCUT2D eigenvalue weighted by Gasteiger charge is -2.25. The van der Waals surface area contributed by atoms with E-state index in [1.165, 1.54) is 16.7 Å². The standard InChI is InChI=1S/C17H20N2/c18-11-6-12-19-13-15-9-4-5-10-16(15)17(19)14-7-2-1-3-8-14/h1-5,7-10,17H,6,11-13,18H2. The molecule has 0 radical (unpaired) electrons. The molecule has 0 spiro atoms. The summed E-state index contributed by atoms with van der Waals surface area (Å²) in [7, 11) is 0. The van der Waals surface area contributed by atoms with Crippen LogP contribution in [0.2, 0.25) is 0 Å². The summed E-state index contributed by atoms with van der Waals surface area (Å²) in [6.45, 7) is 2.86. The molecule has 2 nitrogen and oxygen atoms in total. The van der Waals surface area contributed by atoms with Crippen LogP contribution >= 0.6 is 0 Å². The van der Waals surface area contributed by atoms with Crippen LogP contribution in [0.3, 0.4) is 0 Å². The summed E-state index contributed by atoms with van der Waals surface area (Å²) in [5, 5.41) is 0. The van der Waals surface area contributed by atoms with Crippen LogP contribution in [0.25, 0.3) is 0 Å². The Balaban J connectivity index is 1.96. The molecule has 3 rings (SSSR count). The highest BCUT2D eigenvalue weighted by atomic mass is 15.2. The maximum atomic E-state index is 5.67. The Kier molecular flexibility index (Phi) is 3.62. The molecule has 2 N–H and O–H groups in total. The van der Waals surface area contributed by atoms with E-state index in [1.807, 2.05) is 0 Å². The first-order valence-corrected chi connectivity index (χ1v) is 6.97. The molecule has 1 atom stereocenters. The predicted molar refractivity (Wildman–Crippen MR) is 78.8 cm³/mol. The Morgan fingerprint density at radius 3 is 2.53 bits per heavy atom. The highest BCUT2D eigenvalue weighted by molar-refractivity contribution is 5.41. The second kappa shape index (κ2) is 5.55. The molecule has 1 aliphatic rings. The maximum absolute atomic E-state index is 5.67. The van der Waals surface area contributed by atoms with Gasteiger partial charge in [0.1, 0.15) is 0 Å². The molecule has 0 saturated carbocycles. The van der Waals surface area contributed by atoms with E-state index in [1.54, 1.807) is 0 Å². The molecule has 2 aromatic carbocycles. The van der Waals surface area contributed by atoms with Gasteiger partial charge in [0.05, 0.1) is 6.04 Å². The number of fused-ring (bicyclic) bond motifs is 1. The van der Waals surface area contributed by atoms with Crippen molar-refractivity contribution >= 4 is 0 Å². The maximum Gasteiger partial charge on any atom is 0.0607 e. The minimum Gasteiger partial charge on any atom is -0.330 e. The van der Waals surface area contributed by atoms with Crippen LogP contribution in [0.4, 0.5) is 0 Å². The van der Waals surface area contributed by atoms with Gasteiger partial charge in [0.15, 0.2) is 0 Å². The van der Waals surface area contributed by atoms with Crippen LogP contribution in [0.15, 0.2) is 54.6 Å². The van der Waals surface area contributed by atoms with E-state index in [2.05, 4.69) is 59.5 Å². The monoisotopic (exact) mass is 252 g/mol. The van der Waals surface area contributed by atoms with Crippen LogP contribution in [0, 0.1) is 0 Å². The zero-order chi connectivity index (χ0) is 13.1. The Hall–Kier alpha value is -1.64. The van der Waals surface area contributed by atoms with E-state index < -0.39 is 0 Å². The Morgan fingerprint density at radius 1 is 1.00 bits per heavy atom. The zero-order valence-electron chi connectivity index (χ0n) is 11.1. The van der Waals surface area contributed by atoms with Crippen molar-refractivity contribution in [3.05, 3.63) is 71.3 Å². The summed E-state index contributed by atoms with van der Waals surface area (Å²) in [5.74, 6) is 0. The van der Waals surface area contributed by atoms with Gasteiger partial charge in [0.2, 0.25) is 0 Å². The SMILES string of the molecule is NCCCN1Cc2ccccc2C1c1ccccc1. The highest BCUT2D eigenvalue weighted by Crippen LogP contribution is 2.38. The highest BCUT2D eigenvalue weighted by Gasteiger charge is 2.30. The summed E-state index contributed by atoms with van der Waals surface area (Å²) in [6.07, 6.45) is 1.05. The molecular weight excluding hydrogens is 232 g/mol. The van der Waals surface area contributed by atoms with Gasteiger partial charge in [-0.05, 0) is 29.7 Å². The number of benzene rings is 2. The summed E-state index contributed by atoms with van der Waals surface area (Å²) in [5.41, 5.74) is 9.95. The lowest BCUT2D eigenvalue weighted by atomic mass is 9.98. The van der Waals surface area contributed by atoms with Crippen molar-refractivity contribution in [3.63, 3.8) is 0 Å². The fraction of sp³-hybridized carbons (Fsp3) is 0.294. The van der Waals surface area contributed by atoms with Crippen molar-refractivity contribution in [2.45, 2.75) is 19.0 Å². The van der Waals surface area contributed by atoms with Crippen molar-refractivity contribution in [1.29, 1.82) is 0 Å². The first-order valence-electron chi connectivity index (χ1n) is 6.97. The van der Waals surface area contributed by atoms with E-state index in [0.29, 0.717) is 6.04 Å². The molecule has 1 unspecified atom stereocenters. The third-order valence-corrected chi connectivity index (χ3v) is 3.85. The Morgan fingerprint density at radius 2 is 1.74 bits per heavy atom. The lowest BCUT2D eigenvalue weighted by molar-refractivity contribution is 0.242. The molecule has 19 heavy (non-hydrogen) atoms. The summed E-state index contributed by atoms with van der Waals surface area (Å²) >= 11 is 0. The molecule has 0 bridgehead atoms. The van der Waals surface area contributed by atoms with Gasteiger partial charge in [-0.1, -0.05) is 54.6 Å². The van der Waals surface area contributed by atoms with Crippen molar-refractivity contribution < 1.29 is 0 Å². The van der Waals surface area contributed by atoms with Crippen LogP contribution in [-0.2, 0) is 6.54 Å². The molecule has 1 heterocycles. The second-order valence-electron chi connectivity index (χ2n) is 5.12. The fourth-order valence-corrected chi connectivity index (χ4v) is 2.98. The molecular formula is C17H20N2. The van der Waals surface area contributed by atoms with Crippen molar-refractivity contribution in [3.8, 4) is 0 Å². The minimum absolute atomic E-state index is 0.393. The molecule has 0 aromatic heterocycles. The van der Waals surface area contributed by atoms with Gasteiger partial charge < -0.3 is 5.73 Å². The first-order chi connectivity index (χ1) is 9.40. The van der Waals surface area contributed by atoms with Crippen LogP contribution in [0.1, 0.15) is 29.2 Å². The van der Waals surface area contributed by atoms with Crippen LogP contribution < -0.4 is 5.73 Å². The normalized spacial score (nSPS) is 18.5. The molecule has 0 aliphatic carbocycles. The smallest absolute Gasteiger partial charge is 0.0607 e. The van der Waals surface area contributed by atoms with E-state index in [9.17, 15) is 0 Å². The van der Waals surface area contributed by atoms with Gasteiger partial charge in [-0.15, -0.1) is 0 Å². The van der Waals surface area contributed by atoms with Gasteiger partial charge in [-0.3, -0.25) is 4.90 Å². The minimum atomic E-state index is 0.393. The van der Waals surface area contributed by atoms with E-state index >= 15 is 0 Å². The zero-order valence-corrected chi connectivity index (χ0v) is 11.1. The third-order valence-electron chi connectivity index (χ3n) is 3.85. The predicted octanol–water partition coefficient (Wildman–Crippen LogP) is 2.94. The molecule has 2 heteroatoms. The van der Waals surface area contributed by atoms with Crippen molar-refractivity contribution in [2.24, 2.45) is 5.73 Å². The third kappa shape index (κ3) is 2.42. The van der Waals surface area contributed by atoms with E-state index in [-0.39, 0.29) is 0 Å². The molecule has 0 fully saturated rings. The number of hydrogen-bond donors (Lipinski definition) is 1.